The lowest BCUT2D eigenvalue weighted by atomic mass is 10.2. The average Bonchev–Trinajstić information content (AvgIpc) is 2.56. The van der Waals surface area contributed by atoms with E-state index in [2.05, 4.69) is 20.3 Å². The van der Waals surface area contributed by atoms with Crippen molar-refractivity contribution in [3.05, 3.63) is 70.5 Å². The Morgan fingerprint density at radius 3 is 2.77 bits per heavy atom. The van der Waals surface area contributed by atoms with E-state index in [1.807, 2.05) is 6.07 Å². The Balaban J connectivity index is 1.67. The average molecular weight is 294 g/mol. The molecular weight excluding hydrogens is 280 g/mol. The number of carbonyl (C=O) groups excluding carboxylic acids is 1. The van der Waals surface area contributed by atoms with E-state index < -0.39 is 0 Å². The Hall–Kier alpha value is -3.02. The number of hydrogen-bond acceptors (Lipinski definition) is 4. The Labute approximate surface area is 126 Å². The fraction of sp³-hybridized carbons (Fsp3) is 0.125. The number of amides is 1. The fourth-order valence-corrected chi connectivity index (χ4v) is 2.14. The first-order chi connectivity index (χ1) is 10.7. The third-order valence-corrected chi connectivity index (χ3v) is 3.21. The summed E-state index contributed by atoms with van der Waals surface area (Å²) in [4.78, 5) is 34.9. The molecule has 0 aliphatic heterocycles. The zero-order valence-electron chi connectivity index (χ0n) is 11.7. The van der Waals surface area contributed by atoms with Crippen molar-refractivity contribution in [3.8, 4) is 0 Å². The van der Waals surface area contributed by atoms with Crippen molar-refractivity contribution in [2.24, 2.45) is 0 Å². The van der Waals surface area contributed by atoms with Gasteiger partial charge in [-0.1, -0.05) is 18.2 Å². The zero-order valence-corrected chi connectivity index (χ0v) is 11.7. The van der Waals surface area contributed by atoms with E-state index in [9.17, 15) is 9.59 Å². The van der Waals surface area contributed by atoms with Gasteiger partial charge in [-0.3, -0.25) is 14.6 Å². The molecule has 0 radical (unpaired) electrons. The Morgan fingerprint density at radius 1 is 1.14 bits per heavy atom. The third-order valence-electron chi connectivity index (χ3n) is 3.21. The molecule has 0 fully saturated rings. The van der Waals surface area contributed by atoms with E-state index >= 15 is 0 Å². The second-order valence-electron chi connectivity index (χ2n) is 4.75. The molecule has 2 N–H and O–H groups in total. The van der Waals surface area contributed by atoms with Gasteiger partial charge >= 0.3 is 0 Å². The summed E-state index contributed by atoms with van der Waals surface area (Å²) >= 11 is 0. The van der Waals surface area contributed by atoms with Crippen molar-refractivity contribution in [1.29, 1.82) is 0 Å². The van der Waals surface area contributed by atoms with Crippen LogP contribution in [0.15, 0.2) is 53.5 Å². The quantitative estimate of drug-likeness (QED) is 0.759. The van der Waals surface area contributed by atoms with Gasteiger partial charge in [0.25, 0.3) is 11.5 Å². The van der Waals surface area contributed by atoms with Crippen molar-refractivity contribution >= 4 is 16.8 Å². The van der Waals surface area contributed by atoms with E-state index in [0.717, 1.165) is 0 Å². The number of carbonyl (C=O) groups is 1. The molecule has 22 heavy (non-hydrogen) atoms. The maximum Gasteiger partial charge on any atom is 0.269 e. The van der Waals surface area contributed by atoms with Crippen LogP contribution in [0.5, 0.6) is 0 Å². The molecule has 2 aromatic heterocycles. The summed E-state index contributed by atoms with van der Waals surface area (Å²) in [5.41, 5.74) is 0.844. The minimum Gasteiger partial charge on any atom is -0.350 e. The predicted octanol–water partition coefficient (Wildman–Crippen LogP) is 1.29. The summed E-state index contributed by atoms with van der Waals surface area (Å²) in [5.74, 6) is 0.300. The lowest BCUT2D eigenvalue weighted by molar-refractivity contribution is 0.0949. The SMILES string of the molecule is O=C(NCCc1nc2ccccc2c(=O)[nH]1)c1ccccn1. The van der Waals surface area contributed by atoms with Gasteiger partial charge in [0.2, 0.25) is 0 Å². The maximum atomic E-state index is 11.9. The summed E-state index contributed by atoms with van der Waals surface area (Å²) in [6.07, 6.45) is 2.01. The van der Waals surface area contributed by atoms with Crippen LogP contribution < -0.4 is 10.9 Å². The Bertz CT molecular complexity index is 859. The second kappa shape index (κ2) is 6.17. The molecule has 0 aliphatic rings. The van der Waals surface area contributed by atoms with Crippen molar-refractivity contribution in [1.82, 2.24) is 20.3 Å². The molecule has 1 amide bonds. The Kier molecular flexibility index (Phi) is 3.91. The van der Waals surface area contributed by atoms with Crippen LogP contribution in [-0.4, -0.2) is 27.4 Å². The predicted molar refractivity (Wildman–Crippen MR) is 82.6 cm³/mol. The van der Waals surface area contributed by atoms with Crippen LogP contribution in [0.2, 0.25) is 0 Å². The van der Waals surface area contributed by atoms with Crippen LogP contribution in [0.25, 0.3) is 10.9 Å². The van der Waals surface area contributed by atoms with Crippen molar-refractivity contribution in [3.63, 3.8) is 0 Å². The summed E-state index contributed by atoms with van der Waals surface area (Å²) in [7, 11) is 0. The molecule has 0 atom stereocenters. The molecule has 0 aliphatic carbocycles. The van der Waals surface area contributed by atoms with Crippen LogP contribution in [-0.2, 0) is 6.42 Å². The standard InChI is InChI=1S/C16H14N4O2/c21-15-11-5-1-2-6-12(11)19-14(20-15)8-10-18-16(22)13-7-3-4-9-17-13/h1-7,9H,8,10H2,(H,18,22)(H,19,20,21). The van der Waals surface area contributed by atoms with E-state index in [4.69, 9.17) is 0 Å². The summed E-state index contributed by atoms with van der Waals surface area (Å²) in [6.45, 7) is 0.372. The van der Waals surface area contributed by atoms with E-state index in [0.29, 0.717) is 35.4 Å². The summed E-state index contributed by atoms with van der Waals surface area (Å²) < 4.78 is 0. The number of benzene rings is 1. The smallest absolute Gasteiger partial charge is 0.269 e. The largest absolute Gasteiger partial charge is 0.350 e. The second-order valence-corrected chi connectivity index (χ2v) is 4.75. The number of aromatic amines is 1. The lowest BCUT2D eigenvalue weighted by Gasteiger charge is -2.05. The van der Waals surface area contributed by atoms with E-state index in [1.165, 1.54) is 0 Å². The summed E-state index contributed by atoms with van der Waals surface area (Å²) in [5, 5.41) is 3.31. The van der Waals surface area contributed by atoms with Crippen LogP contribution in [0.1, 0.15) is 16.3 Å². The molecule has 3 rings (SSSR count). The number of rotatable bonds is 4. The molecule has 0 bridgehead atoms. The molecule has 0 saturated carbocycles. The van der Waals surface area contributed by atoms with Crippen molar-refractivity contribution in [2.45, 2.75) is 6.42 Å². The topological polar surface area (TPSA) is 87.7 Å². The van der Waals surface area contributed by atoms with E-state index in [-0.39, 0.29) is 11.5 Å². The summed E-state index contributed by atoms with van der Waals surface area (Å²) in [6, 6.07) is 12.3. The molecule has 1 aromatic carbocycles. The highest BCUT2D eigenvalue weighted by atomic mass is 16.2. The Morgan fingerprint density at radius 2 is 1.95 bits per heavy atom. The van der Waals surface area contributed by atoms with Gasteiger partial charge in [0.1, 0.15) is 11.5 Å². The third kappa shape index (κ3) is 3.01. The number of para-hydroxylation sites is 1. The van der Waals surface area contributed by atoms with Gasteiger partial charge in [0.15, 0.2) is 0 Å². The minimum atomic E-state index is -0.247. The van der Waals surface area contributed by atoms with Gasteiger partial charge in [0.05, 0.1) is 10.9 Å². The van der Waals surface area contributed by atoms with E-state index in [1.54, 1.807) is 42.6 Å². The highest BCUT2D eigenvalue weighted by Crippen LogP contribution is 2.05. The van der Waals surface area contributed by atoms with Gasteiger partial charge in [-0.15, -0.1) is 0 Å². The fourth-order valence-electron chi connectivity index (χ4n) is 2.14. The van der Waals surface area contributed by atoms with Gasteiger partial charge in [-0.2, -0.15) is 0 Å². The molecular formula is C16H14N4O2. The van der Waals surface area contributed by atoms with Crippen molar-refractivity contribution in [2.75, 3.05) is 6.54 Å². The number of H-pyrrole nitrogens is 1. The number of hydrogen-bond donors (Lipinski definition) is 2. The van der Waals surface area contributed by atoms with Gasteiger partial charge in [-0.05, 0) is 24.3 Å². The maximum absolute atomic E-state index is 11.9. The molecule has 0 saturated heterocycles. The molecule has 6 heteroatoms. The lowest BCUT2D eigenvalue weighted by Crippen LogP contribution is -2.27. The molecule has 110 valence electrons. The van der Waals surface area contributed by atoms with Gasteiger partial charge in [-0.25, -0.2) is 4.98 Å². The van der Waals surface area contributed by atoms with Crippen LogP contribution >= 0.6 is 0 Å². The molecule has 6 nitrogen and oxygen atoms in total. The monoisotopic (exact) mass is 294 g/mol. The molecule has 2 heterocycles. The number of fused-ring (bicyclic) bond motifs is 1. The molecule has 0 spiro atoms. The normalized spacial score (nSPS) is 10.5. The molecule has 0 unspecified atom stereocenters. The first-order valence-corrected chi connectivity index (χ1v) is 6.91. The number of pyridine rings is 1. The zero-order chi connectivity index (χ0) is 15.4. The number of nitrogens with zero attached hydrogens (tertiary/aromatic N) is 2. The number of aromatic nitrogens is 3. The minimum absolute atomic E-state index is 0.170. The highest BCUT2D eigenvalue weighted by Gasteiger charge is 2.07. The van der Waals surface area contributed by atoms with Crippen LogP contribution in [0.3, 0.4) is 0 Å². The molecule has 3 aromatic rings. The number of nitrogens with one attached hydrogen (secondary N) is 2. The van der Waals surface area contributed by atoms with Crippen LogP contribution in [0, 0.1) is 0 Å². The van der Waals surface area contributed by atoms with Crippen LogP contribution in [0.4, 0.5) is 0 Å². The van der Waals surface area contributed by atoms with Crippen molar-refractivity contribution < 1.29 is 4.79 Å². The van der Waals surface area contributed by atoms with Gasteiger partial charge < -0.3 is 10.3 Å². The first-order valence-electron chi connectivity index (χ1n) is 6.91. The van der Waals surface area contributed by atoms with Gasteiger partial charge in [0, 0.05) is 19.2 Å². The first kappa shape index (κ1) is 13.9. The highest BCUT2D eigenvalue weighted by molar-refractivity contribution is 5.92.